The molecule has 8 heteroatoms. The van der Waals surface area contributed by atoms with E-state index in [2.05, 4.69) is 0 Å². The third-order valence-corrected chi connectivity index (χ3v) is 4.66. The number of rotatable bonds is 4. The van der Waals surface area contributed by atoms with E-state index in [-0.39, 0.29) is 24.4 Å². The molecule has 1 heterocycles. The molecule has 3 rings (SSSR count). The molecule has 0 bridgehead atoms. The lowest BCUT2D eigenvalue weighted by atomic mass is 10.1. The van der Waals surface area contributed by atoms with Gasteiger partial charge in [-0.25, -0.2) is 8.78 Å². The lowest BCUT2D eigenvalue weighted by Gasteiger charge is -2.33. The zero-order chi connectivity index (χ0) is 18.7. The number of morpholine rings is 1. The van der Waals surface area contributed by atoms with Crippen molar-refractivity contribution in [1.29, 1.82) is 0 Å². The lowest BCUT2D eigenvalue weighted by Crippen LogP contribution is -2.47. The third kappa shape index (κ3) is 4.44. The Bertz CT molecular complexity index is 819. The first-order valence-electron chi connectivity index (χ1n) is 7.88. The number of carbonyl (C=O) groups is 1. The van der Waals surface area contributed by atoms with E-state index in [1.54, 1.807) is 17.0 Å². The molecule has 26 heavy (non-hydrogen) atoms. The van der Waals surface area contributed by atoms with Gasteiger partial charge in [0.2, 0.25) is 0 Å². The molecule has 4 nitrogen and oxygen atoms in total. The second-order valence-electron chi connectivity index (χ2n) is 5.76. The predicted molar refractivity (Wildman–Crippen MR) is 94.0 cm³/mol. The SMILES string of the molecule is O=C(c1ccc(Cl)c(Cl)c1)N1CCO[C@@H](COc2ccc(F)c(F)c2)C1. The van der Waals surface area contributed by atoms with Crippen LogP contribution in [0.1, 0.15) is 10.4 Å². The molecule has 0 aromatic heterocycles. The minimum atomic E-state index is -0.983. The van der Waals surface area contributed by atoms with Gasteiger partial charge in [0.25, 0.3) is 5.91 Å². The first kappa shape index (κ1) is 18.9. The van der Waals surface area contributed by atoms with Gasteiger partial charge < -0.3 is 14.4 Å². The van der Waals surface area contributed by atoms with E-state index in [9.17, 15) is 13.6 Å². The van der Waals surface area contributed by atoms with Crippen molar-refractivity contribution in [2.75, 3.05) is 26.3 Å². The van der Waals surface area contributed by atoms with E-state index in [0.29, 0.717) is 35.3 Å². The summed E-state index contributed by atoms with van der Waals surface area (Å²) >= 11 is 11.8. The van der Waals surface area contributed by atoms with Crippen molar-refractivity contribution in [2.45, 2.75) is 6.10 Å². The van der Waals surface area contributed by atoms with Gasteiger partial charge in [0.1, 0.15) is 18.5 Å². The van der Waals surface area contributed by atoms with Crippen molar-refractivity contribution in [1.82, 2.24) is 4.90 Å². The Morgan fingerprint density at radius 3 is 2.69 bits per heavy atom. The number of benzene rings is 2. The smallest absolute Gasteiger partial charge is 0.254 e. The van der Waals surface area contributed by atoms with Gasteiger partial charge in [0, 0.05) is 18.2 Å². The number of carbonyl (C=O) groups excluding carboxylic acids is 1. The lowest BCUT2D eigenvalue weighted by molar-refractivity contribution is -0.0401. The monoisotopic (exact) mass is 401 g/mol. The summed E-state index contributed by atoms with van der Waals surface area (Å²) < 4.78 is 37.2. The fraction of sp³-hybridized carbons (Fsp3) is 0.278. The van der Waals surface area contributed by atoms with Crippen LogP contribution in [0.5, 0.6) is 5.75 Å². The normalized spacial score (nSPS) is 17.2. The molecule has 0 spiro atoms. The minimum Gasteiger partial charge on any atom is -0.491 e. The molecule has 138 valence electrons. The van der Waals surface area contributed by atoms with Crippen molar-refractivity contribution in [2.24, 2.45) is 0 Å². The molecule has 1 amide bonds. The van der Waals surface area contributed by atoms with Crippen molar-refractivity contribution in [3.63, 3.8) is 0 Å². The van der Waals surface area contributed by atoms with Gasteiger partial charge in [-0.2, -0.15) is 0 Å². The van der Waals surface area contributed by atoms with Gasteiger partial charge in [0.05, 0.1) is 23.2 Å². The molecular formula is C18H15Cl2F2NO3. The fourth-order valence-corrected chi connectivity index (χ4v) is 2.87. The molecule has 0 unspecified atom stereocenters. The van der Waals surface area contributed by atoms with Gasteiger partial charge in [-0.15, -0.1) is 0 Å². The van der Waals surface area contributed by atoms with E-state index >= 15 is 0 Å². The van der Waals surface area contributed by atoms with Crippen LogP contribution in [-0.2, 0) is 4.74 Å². The van der Waals surface area contributed by atoms with E-state index in [4.69, 9.17) is 32.7 Å². The highest BCUT2D eigenvalue weighted by molar-refractivity contribution is 6.42. The molecule has 0 aliphatic carbocycles. The molecule has 0 N–H and O–H groups in total. The second-order valence-corrected chi connectivity index (χ2v) is 6.57. The molecule has 1 fully saturated rings. The highest BCUT2D eigenvalue weighted by Gasteiger charge is 2.26. The Balaban J connectivity index is 1.60. The second kappa shape index (κ2) is 8.20. The van der Waals surface area contributed by atoms with Crippen molar-refractivity contribution < 1.29 is 23.0 Å². The Morgan fingerprint density at radius 2 is 1.96 bits per heavy atom. The van der Waals surface area contributed by atoms with E-state index in [1.165, 1.54) is 12.1 Å². The summed E-state index contributed by atoms with van der Waals surface area (Å²) in [5.41, 5.74) is 0.432. The Hall–Kier alpha value is -1.89. The number of nitrogens with zero attached hydrogens (tertiary/aromatic N) is 1. The van der Waals surface area contributed by atoms with Gasteiger partial charge in [-0.1, -0.05) is 23.2 Å². The van der Waals surface area contributed by atoms with Crippen molar-refractivity contribution in [3.8, 4) is 5.75 Å². The van der Waals surface area contributed by atoms with E-state index in [0.717, 1.165) is 12.1 Å². The maximum absolute atomic E-state index is 13.2. The standard InChI is InChI=1S/C18H15Cl2F2NO3/c19-14-3-1-11(7-15(14)20)18(24)23-5-6-25-13(9-23)10-26-12-2-4-16(21)17(22)8-12/h1-4,7-8,13H,5-6,9-10H2/t13-/m1/s1. The number of hydrogen-bond donors (Lipinski definition) is 0. The van der Waals surface area contributed by atoms with Gasteiger partial charge >= 0.3 is 0 Å². The molecule has 1 atom stereocenters. The predicted octanol–water partition coefficient (Wildman–Crippen LogP) is 4.19. The molecular weight excluding hydrogens is 387 g/mol. The zero-order valence-corrected chi connectivity index (χ0v) is 15.1. The maximum atomic E-state index is 13.2. The molecule has 0 radical (unpaired) electrons. The first-order valence-corrected chi connectivity index (χ1v) is 8.63. The third-order valence-electron chi connectivity index (χ3n) is 3.92. The van der Waals surface area contributed by atoms with E-state index < -0.39 is 11.6 Å². The van der Waals surface area contributed by atoms with Crippen LogP contribution < -0.4 is 4.74 Å². The van der Waals surface area contributed by atoms with Crippen LogP contribution in [0.4, 0.5) is 8.78 Å². The summed E-state index contributed by atoms with van der Waals surface area (Å²) in [5, 5.41) is 0.687. The molecule has 2 aromatic rings. The van der Waals surface area contributed by atoms with Crippen LogP contribution in [0.3, 0.4) is 0 Å². The van der Waals surface area contributed by atoms with Crippen molar-refractivity contribution >= 4 is 29.1 Å². The summed E-state index contributed by atoms with van der Waals surface area (Å²) in [7, 11) is 0. The molecule has 0 saturated carbocycles. The average Bonchev–Trinajstić information content (AvgIpc) is 2.64. The van der Waals surface area contributed by atoms with Crippen LogP contribution in [0, 0.1) is 11.6 Å². The first-order chi connectivity index (χ1) is 12.4. The van der Waals surface area contributed by atoms with Crippen LogP contribution in [0.25, 0.3) is 0 Å². The fourth-order valence-electron chi connectivity index (χ4n) is 2.57. The largest absolute Gasteiger partial charge is 0.491 e. The average molecular weight is 402 g/mol. The number of ether oxygens (including phenoxy) is 2. The van der Waals surface area contributed by atoms with Crippen LogP contribution in [-0.4, -0.2) is 43.2 Å². The quantitative estimate of drug-likeness (QED) is 0.770. The van der Waals surface area contributed by atoms with Crippen LogP contribution in [0.15, 0.2) is 36.4 Å². The van der Waals surface area contributed by atoms with Gasteiger partial charge in [0.15, 0.2) is 11.6 Å². The Morgan fingerprint density at radius 1 is 1.15 bits per heavy atom. The highest BCUT2D eigenvalue weighted by atomic mass is 35.5. The minimum absolute atomic E-state index is 0.107. The summed E-state index contributed by atoms with van der Waals surface area (Å²) in [5.74, 6) is -1.92. The Labute approximate surface area is 159 Å². The topological polar surface area (TPSA) is 38.8 Å². The number of halogens is 4. The molecule has 1 aliphatic rings. The summed E-state index contributed by atoms with van der Waals surface area (Å²) in [4.78, 5) is 14.2. The Kier molecular flexibility index (Phi) is 5.96. The molecule has 2 aromatic carbocycles. The number of amides is 1. The van der Waals surface area contributed by atoms with Gasteiger partial charge in [-0.3, -0.25) is 4.79 Å². The summed E-state index contributed by atoms with van der Waals surface area (Å²) in [6, 6.07) is 8.00. The zero-order valence-electron chi connectivity index (χ0n) is 13.6. The van der Waals surface area contributed by atoms with Crippen molar-refractivity contribution in [3.05, 3.63) is 63.6 Å². The van der Waals surface area contributed by atoms with Gasteiger partial charge in [-0.05, 0) is 30.3 Å². The molecule has 1 saturated heterocycles. The van der Waals surface area contributed by atoms with E-state index in [1.807, 2.05) is 0 Å². The highest BCUT2D eigenvalue weighted by Crippen LogP contribution is 2.24. The van der Waals surface area contributed by atoms with Crippen LogP contribution >= 0.6 is 23.2 Å². The summed E-state index contributed by atoms with van der Waals surface area (Å²) in [6.45, 7) is 1.19. The number of hydrogen-bond acceptors (Lipinski definition) is 3. The van der Waals surface area contributed by atoms with Crippen LogP contribution in [0.2, 0.25) is 10.0 Å². The maximum Gasteiger partial charge on any atom is 0.254 e. The summed E-state index contributed by atoms with van der Waals surface area (Å²) in [6.07, 6.45) is -0.386. The molecule has 1 aliphatic heterocycles.